The summed E-state index contributed by atoms with van der Waals surface area (Å²) in [6.07, 6.45) is 3.61. The molecule has 0 radical (unpaired) electrons. The Bertz CT molecular complexity index is 504. The van der Waals surface area contributed by atoms with Crippen LogP contribution in [-0.2, 0) is 6.18 Å². The van der Waals surface area contributed by atoms with Crippen LogP contribution in [0.4, 0.5) is 13.2 Å². The van der Waals surface area contributed by atoms with Gasteiger partial charge in [-0.1, -0.05) is 25.7 Å². The maximum absolute atomic E-state index is 12.4. The summed E-state index contributed by atoms with van der Waals surface area (Å²) >= 11 is 0. The van der Waals surface area contributed by atoms with Crippen molar-refractivity contribution in [2.75, 3.05) is 13.1 Å². The summed E-state index contributed by atoms with van der Waals surface area (Å²) in [6.45, 7) is 1.08. The van der Waals surface area contributed by atoms with Gasteiger partial charge in [-0.15, -0.1) is 24.8 Å². The summed E-state index contributed by atoms with van der Waals surface area (Å²) in [6, 6.07) is 2.46. The molecule has 0 saturated heterocycles. The van der Waals surface area contributed by atoms with E-state index in [0.29, 0.717) is 25.3 Å². The molecule has 1 saturated carbocycles. The highest BCUT2D eigenvalue weighted by Crippen LogP contribution is 2.28. The molecule has 144 valence electrons. The molecule has 25 heavy (non-hydrogen) atoms. The lowest BCUT2D eigenvalue weighted by Crippen LogP contribution is -2.37. The predicted molar refractivity (Wildman–Crippen MR) is 95.6 cm³/mol. The van der Waals surface area contributed by atoms with Crippen molar-refractivity contribution >= 4 is 30.7 Å². The fourth-order valence-electron chi connectivity index (χ4n) is 2.72. The highest BCUT2D eigenvalue weighted by atomic mass is 35.5. The first kappa shape index (κ1) is 23.9. The molecular formula is C16H24Cl2F3N3O. The molecule has 0 atom stereocenters. The van der Waals surface area contributed by atoms with Crippen LogP contribution in [0.2, 0.25) is 0 Å². The van der Waals surface area contributed by atoms with Crippen molar-refractivity contribution in [1.82, 2.24) is 15.6 Å². The van der Waals surface area contributed by atoms with E-state index < -0.39 is 17.6 Å². The number of pyridine rings is 1. The SMILES string of the molecule is Cl.Cl.O=C(NCCNC1CCCCCC1)c1ccc(C(F)(F)F)cn1. The Hall–Kier alpha value is -1.05. The van der Waals surface area contributed by atoms with E-state index in [1.807, 2.05) is 0 Å². The van der Waals surface area contributed by atoms with Crippen LogP contribution < -0.4 is 10.6 Å². The molecule has 1 aliphatic rings. The summed E-state index contributed by atoms with van der Waals surface area (Å²) in [4.78, 5) is 15.4. The number of aromatic nitrogens is 1. The van der Waals surface area contributed by atoms with Crippen LogP contribution in [0.25, 0.3) is 0 Å². The molecule has 1 fully saturated rings. The van der Waals surface area contributed by atoms with Gasteiger partial charge in [0.25, 0.3) is 5.91 Å². The Kier molecular flexibility index (Phi) is 11.1. The molecule has 4 nitrogen and oxygen atoms in total. The van der Waals surface area contributed by atoms with Crippen molar-refractivity contribution < 1.29 is 18.0 Å². The second kappa shape index (κ2) is 11.5. The Labute approximate surface area is 158 Å². The molecule has 2 N–H and O–H groups in total. The van der Waals surface area contributed by atoms with Gasteiger partial charge in [-0.2, -0.15) is 13.2 Å². The number of hydrogen-bond donors (Lipinski definition) is 2. The van der Waals surface area contributed by atoms with Crippen molar-refractivity contribution in [1.29, 1.82) is 0 Å². The van der Waals surface area contributed by atoms with Gasteiger partial charge in [-0.25, -0.2) is 0 Å². The number of amides is 1. The third kappa shape index (κ3) is 8.25. The molecule has 1 heterocycles. The van der Waals surface area contributed by atoms with E-state index in [4.69, 9.17) is 0 Å². The van der Waals surface area contributed by atoms with Gasteiger partial charge in [0.2, 0.25) is 0 Å². The first-order valence-corrected chi connectivity index (χ1v) is 8.01. The first-order chi connectivity index (χ1) is 11.0. The number of halogens is 5. The van der Waals surface area contributed by atoms with Gasteiger partial charge >= 0.3 is 6.18 Å². The topological polar surface area (TPSA) is 54.0 Å². The summed E-state index contributed by atoms with van der Waals surface area (Å²) in [7, 11) is 0. The molecular weight excluding hydrogens is 378 g/mol. The quantitative estimate of drug-likeness (QED) is 0.579. The lowest BCUT2D eigenvalue weighted by molar-refractivity contribution is -0.137. The predicted octanol–water partition coefficient (Wildman–Crippen LogP) is 3.99. The number of hydrogen-bond acceptors (Lipinski definition) is 3. The van der Waals surface area contributed by atoms with Gasteiger partial charge in [-0.3, -0.25) is 9.78 Å². The minimum Gasteiger partial charge on any atom is -0.349 e. The zero-order valence-electron chi connectivity index (χ0n) is 13.8. The molecule has 1 aromatic heterocycles. The molecule has 0 aromatic carbocycles. The number of carbonyl (C=O) groups excluding carboxylic acids is 1. The molecule has 0 spiro atoms. The van der Waals surface area contributed by atoms with E-state index in [9.17, 15) is 18.0 Å². The molecule has 1 aromatic rings. The largest absolute Gasteiger partial charge is 0.417 e. The summed E-state index contributed by atoms with van der Waals surface area (Å²) in [5, 5.41) is 6.08. The molecule has 0 aliphatic heterocycles. The minimum absolute atomic E-state index is 0. The van der Waals surface area contributed by atoms with Crippen molar-refractivity contribution in [3.05, 3.63) is 29.6 Å². The number of alkyl halides is 3. The van der Waals surface area contributed by atoms with Gasteiger partial charge in [0, 0.05) is 25.3 Å². The van der Waals surface area contributed by atoms with Crippen LogP contribution in [-0.4, -0.2) is 30.0 Å². The van der Waals surface area contributed by atoms with E-state index in [1.54, 1.807) is 0 Å². The van der Waals surface area contributed by atoms with Gasteiger partial charge in [0.15, 0.2) is 0 Å². The Morgan fingerprint density at radius 2 is 1.72 bits per heavy atom. The van der Waals surface area contributed by atoms with E-state index >= 15 is 0 Å². The third-order valence-electron chi connectivity index (χ3n) is 4.02. The summed E-state index contributed by atoms with van der Waals surface area (Å²) in [5.41, 5.74) is -0.864. The van der Waals surface area contributed by atoms with Crippen molar-refractivity contribution in [2.45, 2.75) is 50.7 Å². The fourth-order valence-corrected chi connectivity index (χ4v) is 2.72. The first-order valence-electron chi connectivity index (χ1n) is 8.01. The fraction of sp³-hybridized carbons (Fsp3) is 0.625. The smallest absolute Gasteiger partial charge is 0.349 e. The number of carbonyl (C=O) groups is 1. The number of nitrogens with one attached hydrogen (secondary N) is 2. The third-order valence-corrected chi connectivity index (χ3v) is 4.02. The normalized spacial score (nSPS) is 15.5. The van der Waals surface area contributed by atoms with Crippen LogP contribution >= 0.6 is 24.8 Å². The molecule has 0 bridgehead atoms. The van der Waals surface area contributed by atoms with Crippen molar-refractivity contribution in [3.63, 3.8) is 0 Å². The average Bonchev–Trinajstić information content (AvgIpc) is 2.79. The van der Waals surface area contributed by atoms with Crippen molar-refractivity contribution in [3.8, 4) is 0 Å². The van der Waals surface area contributed by atoms with Gasteiger partial charge < -0.3 is 10.6 Å². The average molecular weight is 402 g/mol. The highest BCUT2D eigenvalue weighted by molar-refractivity contribution is 5.92. The molecule has 9 heteroatoms. The molecule has 1 aliphatic carbocycles. The van der Waals surface area contributed by atoms with Crippen molar-refractivity contribution in [2.24, 2.45) is 0 Å². The molecule has 0 unspecified atom stereocenters. The van der Waals surface area contributed by atoms with E-state index in [1.165, 1.54) is 25.7 Å². The molecule has 2 rings (SSSR count). The molecule has 1 amide bonds. The monoisotopic (exact) mass is 401 g/mol. The maximum atomic E-state index is 12.4. The van der Waals surface area contributed by atoms with E-state index in [-0.39, 0.29) is 30.5 Å². The lowest BCUT2D eigenvalue weighted by Gasteiger charge is -2.16. The lowest BCUT2D eigenvalue weighted by atomic mass is 10.1. The van der Waals surface area contributed by atoms with Gasteiger partial charge in [0.05, 0.1) is 5.56 Å². The summed E-state index contributed by atoms with van der Waals surface area (Å²) in [5.74, 6) is -0.457. The van der Waals surface area contributed by atoms with E-state index in [0.717, 1.165) is 25.0 Å². The minimum atomic E-state index is -4.44. The summed E-state index contributed by atoms with van der Waals surface area (Å²) < 4.78 is 37.3. The Morgan fingerprint density at radius 1 is 1.08 bits per heavy atom. The number of nitrogens with zero attached hydrogens (tertiary/aromatic N) is 1. The zero-order chi connectivity index (χ0) is 16.7. The van der Waals surface area contributed by atoms with Crippen LogP contribution in [0.5, 0.6) is 0 Å². The second-order valence-electron chi connectivity index (χ2n) is 5.83. The maximum Gasteiger partial charge on any atom is 0.417 e. The van der Waals surface area contributed by atoms with Crippen LogP contribution in [0.1, 0.15) is 54.6 Å². The number of rotatable bonds is 5. The Balaban J connectivity index is 0.00000288. The Morgan fingerprint density at radius 3 is 2.24 bits per heavy atom. The second-order valence-corrected chi connectivity index (χ2v) is 5.83. The van der Waals surface area contributed by atoms with Gasteiger partial charge in [0.1, 0.15) is 5.69 Å². The van der Waals surface area contributed by atoms with E-state index in [2.05, 4.69) is 15.6 Å². The highest BCUT2D eigenvalue weighted by Gasteiger charge is 2.30. The van der Waals surface area contributed by atoms with Crippen LogP contribution in [0.3, 0.4) is 0 Å². The van der Waals surface area contributed by atoms with Crippen LogP contribution in [0, 0.1) is 0 Å². The zero-order valence-corrected chi connectivity index (χ0v) is 15.4. The standard InChI is InChI=1S/C16H22F3N3O.2ClH/c17-16(18,19)12-7-8-14(22-11-12)15(23)21-10-9-20-13-5-3-1-2-4-6-13;;/h7-8,11,13,20H,1-6,9-10H2,(H,21,23);2*1H. The van der Waals surface area contributed by atoms with Gasteiger partial charge in [-0.05, 0) is 25.0 Å². The van der Waals surface area contributed by atoms with Crippen LogP contribution in [0.15, 0.2) is 18.3 Å².